The van der Waals surface area contributed by atoms with Gasteiger partial charge in [-0.1, -0.05) is 57.5 Å². The van der Waals surface area contributed by atoms with E-state index in [0.717, 1.165) is 16.3 Å². The first kappa shape index (κ1) is 27.9. The summed E-state index contributed by atoms with van der Waals surface area (Å²) in [5.74, 6) is 0.538. The van der Waals surface area contributed by atoms with E-state index in [9.17, 15) is 9.59 Å². The van der Waals surface area contributed by atoms with Crippen LogP contribution in [0.4, 0.5) is 0 Å². The van der Waals surface area contributed by atoms with Gasteiger partial charge in [0, 0.05) is 56.7 Å². The molecule has 0 unspecified atom stereocenters. The molecule has 0 bridgehead atoms. The van der Waals surface area contributed by atoms with Crippen LogP contribution in [0.15, 0.2) is 42.6 Å². The lowest BCUT2D eigenvalue weighted by Crippen LogP contribution is -2.44. The molecule has 1 aromatic carbocycles. The third kappa shape index (κ3) is 9.15. The molecule has 188 valence electrons. The lowest BCUT2D eigenvalue weighted by atomic mass is 10.1. The van der Waals surface area contributed by atoms with Crippen molar-refractivity contribution < 1.29 is 14.3 Å². The second-order valence-corrected chi connectivity index (χ2v) is 10.1. The lowest BCUT2D eigenvalue weighted by Gasteiger charge is -2.29. The summed E-state index contributed by atoms with van der Waals surface area (Å²) in [6.45, 7) is 11.2. The van der Waals surface area contributed by atoms with Crippen LogP contribution >= 0.6 is 11.6 Å². The van der Waals surface area contributed by atoms with Crippen LogP contribution in [0.1, 0.15) is 51.8 Å². The van der Waals surface area contributed by atoms with Crippen LogP contribution in [0.3, 0.4) is 0 Å². The molecule has 0 aliphatic carbocycles. The van der Waals surface area contributed by atoms with E-state index < -0.39 is 0 Å². The van der Waals surface area contributed by atoms with E-state index in [1.54, 1.807) is 12.0 Å². The number of carbonyl (C=O) groups excluding carboxylic acids is 2. The maximum Gasteiger partial charge on any atom is 0.242 e. The summed E-state index contributed by atoms with van der Waals surface area (Å²) >= 11 is 6.37. The Morgan fingerprint density at radius 2 is 1.74 bits per heavy atom. The van der Waals surface area contributed by atoms with Crippen molar-refractivity contribution in [3.05, 3.63) is 58.9 Å². The number of carbonyl (C=O) groups is 2. The molecule has 0 fully saturated rings. The predicted molar refractivity (Wildman–Crippen MR) is 138 cm³/mol. The second-order valence-electron chi connectivity index (χ2n) is 9.65. The van der Waals surface area contributed by atoms with E-state index in [0.29, 0.717) is 51.5 Å². The van der Waals surface area contributed by atoms with Gasteiger partial charge in [-0.3, -0.25) is 9.59 Å². The fraction of sp³-hybridized carbons (Fsp3) is 0.556. The molecule has 0 N–H and O–H groups in total. The van der Waals surface area contributed by atoms with Gasteiger partial charge in [-0.25, -0.2) is 0 Å². The van der Waals surface area contributed by atoms with Crippen molar-refractivity contribution >= 4 is 23.4 Å². The Morgan fingerprint density at radius 3 is 2.38 bits per heavy atom. The van der Waals surface area contributed by atoms with Gasteiger partial charge in [-0.05, 0) is 42.0 Å². The number of rotatable bonds is 14. The molecule has 0 radical (unpaired) electrons. The minimum Gasteiger partial charge on any atom is -0.385 e. The zero-order valence-electron chi connectivity index (χ0n) is 21.3. The molecule has 7 heteroatoms. The molecule has 2 amide bonds. The number of amides is 2. The van der Waals surface area contributed by atoms with Gasteiger partial charge < -0.3 is 19.1 Å². The second kappa shape index (κ2) is 14.2. The summed E-state index contributed by atoms with van der Waals surface area (Å²) in [7, 11) is 1.65. The molecule has 2 rings (SSSR count). The van der Waals surface area contributed by atoms with Gasteiger partial charge in [0.1, 0.15) is 0 Å². The van der Waals surface area contributed by atoms with E-state index >= 15 is 0 Å². The molecular formula is C27H40ClN3O3. The molecular weight excluding hydrogens is 450 g/mol. The number of halogens is 1. The molecule has 1 heterocycles. The van der Waals surface area contributed by atoms with Crippen molar-refractivity contribution in [2.24, 2.45) is 11.8 Å². The monoisotopic (exact) mass is 489 g/mol. The van der Waals surface area contributed by atoms with Crippen LogP contribution in [-0.2, 0) is 27.4 Å². The number of nitrogens with zero attached hydrogens (tertiary/aromatic N) is 3. The largest absolute Gasteiger partial charge is 0.385 e. The maximum absolute atomic E-state index is 13.4. The van der Waals surface area contributed by atoms with E-state index in [2.05, 4.69) is 18.4 Å². The third-order valence-corrected chi connectivity index (χ3v) is 5.92. The number of ether oxygens (including phenoxy) is 1. The van der Waals surface area contributed by atoms with Crippen molar-refractivity contribution in [3.8, 4) is 0 Å². The maximum atomic E-state index is 13.4. The van der Waals surface area contributed by atoms with Gasteiger partial charge in [-0.15, -0.1) is 0 Å². The Hall–Kier alpha value is -2.31. The molecule has 2 aromatic rings. The van der Waals surface area contributed by atoms with Gasteiger partial charge in [0.25, 0.3) is 0 Å². The van der Waals surface area contributed by atoms with Crippen molar-refractivity contribution in [2.75, 3.05) is 33.4 Å². The molecule has 0 atom stereocenters. The number of hydrogen-bond donors (Lipinski definition) is 0. The van der Waals surface area contributed by atoms with Gasteiger partial charge in [0.15, 0.2) is 0 Å². The molecule has 6 nitrogen and oxygen atoms in total. The first-order valence-electron chi connectivity index (χ1n) is 12.1. The molecule has 0 aliphatic heterocycles. The van der Waals surface area contributed by atoms with Crippen LogP contribution in [0.2, 0.25) is 5.02 Å². The van der Waals surface area contributed by atoms with Gasteiger partial charge in [0.2, 0.25) is 11.8 Å². The topological polar surface area (TPSA) is 54.8 Å². The minimum absolute atomic E-state index is 0.0195. The zero-order valence-corrected chi connectivity index (χ0v) is 22.1. The van der Waals surface area contributed by atoms with Gasteiger partial charge in [0.05, 0.1) is 13.1 Å². The quantitative estimate of drug-likeness (QED) is 0.347. The third-order valence-electron chi connectivity index (χ3n) is 5.55. The van der Waals surface area contributed by atoms with Crippen molar-refractivity contribution in [1.82, 2.24) is 14.4 Å². The van der Waals surface area contributed by atoms with Crippen molar-refractivity contribution in [3.63, 3.8) is 0 Å². The average molecular weight is 490 g/mol. The number of methoxy groups -OCH3 is 1. The predicted octanol–water partition coefficient (Wildman–Crippen LogP) is 5.09. The van der Waals surface area contributed by atoms with E-state index in [4.69, 9.17) is 16.3 Å². The summed E-state index contributed by atoms with van der Waals surface area (Å²) in [6.07, 6.45) is 3.16. The fourth-order valence-electron chi connectivity index (χ4n) is 3.88. The molecule has 0 spiro atoms. The Balaban J connectivity index is 2.16. The molecule has 0 saturated carbocycles. The molecule has 34 heavy (non-hydrogen) atoms. The summed E-state index contributed by atoms with van der Waals surface area (Å²) < 4.78 is 7.28. The van der Waals surface area contributed by atoms with Gasteiger partial charge in [-0.2, -0.15) is 0 Å². The first-order chi connectivity index (χ1) is 16.2. The highest BCUT2D eigenvalue weighted by Gasteiger charge is 2.23. The summed E-state index contributed by atoms with van der Waals surface area (Å²) in [4.78, 5) is 29.8. The van der Waals surface area contributed by atoms with Crippen LogP contribution < -0.4 is 0 Å². The first-order valence-corrected chi connectivity index (χ1v) is 12.5. The molecule has 1 aromatic heterocycles. The molecule has 0 saturated heterocycles. The number of hydrogen-bond acceptors (Lipinski definition) is 3. The van der Waals surface area contributed by atoms with Crippen LogP contribution in [-0.4, -0.2) is 59.5 Å². The van der Waals surface area contributed by atoms with Crippen LogP contribution in [0.25, 0.3) is 0 Å². The smallest absolute Gasteiger partial charge is 0.242 e. The normalized spacial score (nSPS) is 11.3. The summed E-state index contributed by atoms with van der Waals surface area (Å²) in [5, 5.41) is 0.729. The zero-order chi connectivity index (χ0) is 25.1. The summed E-state index contributed by atoms with van der Waals surface area (Å²) in [6, 6.07) is 11.8. The highest BCUT2D eigenvalue weighted by atomic mass is 35.5. The number of aromatic nitrogens is 1. The Labute approximate surface area is 209 Å². The van der Waals surface area contributed by atoms with Crippen LogP contribution in [0, 0.1) is 11.8 Å². The van der Waals surface area contributed by atoms with Crippen molar-refractivity contribution in [1.29, 1.82) is 0 Å². The van der Waals surface area contributed by atoms with E-state index in [-0.39, 0.29) is 24.3 Å². The number of benzene rings is 1. The van der Waals surface area contributed by atoms with E-state index in [1.165, 1.54) is 0 Å². The van der Waals surface area contributed by atoms with Gasteiger partial charge >= 0.3 is 0 Å². The highest BCUT2D eigenvalue weighted by molar-refractivity contribution is 6.31. The Morgan fingerprint density at radius 1 is 1.00 bits per heavy atom. The van der Waals surface area contributed by atoms with E-state index in [1.807, 2.05) is 61.3 Å². The van der Waals surface area contributed by atoms with Crippen molar-refractivity contribution in [2.45, 2.75) is 53.6 Å². The standard InChI is InChI=1S/C27H40ClN3O3/c1-21(2)16-26(32)30(14-9-15-34-5)20-27(33)31(17-22(3)4)19-24-11-8-13-29(24)18-23-10-6-7-12-25(23)28/h6-8,10-13,21-22H,9,14-20H2,1-5H3. The molecule has 0 aliphatic rings. The SMILES string of the molecule is COCCCN(CC(=O)N(Cc1cccn1Cc1ccccc1Cl)CC(C)C)C(=O)CC(C)C. The lowest BCUT2D eigenvalue weighted by molar-refractivity contribution is -0.141. The average Bonchev–Trinajstić information content (AvgIpc) is 3.20. The fourth-order valence-corrected chi connectivity index (χ4v) is 4.08. The van der Waals surface area contributed by atoms with Crippen LogP contribution in [0.5, 0.6) is 0 Å². The summed E-state index contributed by atoms with van der Waals surface area (Å²) in [5.41, 5.74) is 2.07. The highest BCUT2D eigenvalue weighted by Crippen LogP contribution is 2.19. The Kier molecular flexibility index (Phi) is 11.6. The Bertz CT molecular complexity index is 910. The minimum atomic E-state index is -0.0336.